The third-order valence-corrected chi connectivity index (χ3v) is 8.34. The molecule has 0 aliphatic heterocycles. The monoisotopic (exact) mass is 445 g/mol. The molecule has 1 N–H and O–H groups in total. The van der Waals surface area contributed by atoms with Gasteiger partial charge < -0.3 is 9.47 Å². The number of carbonyl (C=O) groups is 1. The molecular weight excluding hydrogens is 421 g/mol. The Labute approximate surface area is 175 Å². The molecule has 29 heavy (non-hydrogen) atoms. The molecule has 0 saturated heterocycles. The number of hydrogen-bond acceptors (Lipinski definition) is 5. The molecule has 6 nitrogen and oxygen atoms in total. The van der Waals surface area contributed by atoms with E-state index in [1.165, 1.54) is 12.1 Å². The Balaban J connectivity index is 1.45. The molecule has 5 rings (SSSR count). The topological polar surface area (TPSA) is 81.7 Å². The van der Waals surface area contributed by atoms with Crippen LogP contribution in [0.5, 0.6) is 0 Å². The standard InChI is InChI=1S/C20H25ClFNO5S/c1-27-20-10-13-7-14(11-20)9-19(8-13,12-20)17(21)28-18(22)29(25,26)23-16(24)15-5-3-2-4-6-15/h2-6,13-14,17-18H,7-12H2,1H3,(H,23,24). The van der Waals surface area contributed by atoms with Crippen molar-refractivity contribution in [3.63, 3.8) is 0 Å². The molecule has 0 heterocycles. The summed E-state index contributed by atoms with van der Waals surface area (Å²) in [6.07, 6.45) is 5.17. The summed E-state index contributed by atoms with van der Waals surface area (Å²) in [5, 5.41) is 0. The van der Waals surface area contributed by atoms with E-state index >= 15 is 0 Å². The maximum Gasteiger partial charge on any atom is 0.321 e. The van der Waals surface area contributed by atoms with E-state index in [2.05, 4.69) is 0 Å². The van der Waals surface area contributed by atoms with Crippen LogP contribution in [0.15, 0.2) is 30.3 Å². The average molecular weight is 446 g/mol. The Morgan fingerprint density at radius 2 is 1.83 bits per heavy atom. The predicted molar refractivity (Wildman–Crippen MR) is 105 cm³/mol. The third-order valence-electron chi connectivity index (χ3n) is 6.71. The fourth-order valence-corrected chi connectivity index (χ4v) is 7.02. The van der Waals surface area contributed by atoms with Gasteiger partial charge in [-0.2, -0.15) is 4.39 Å². The van der Waals surface area contributed by atoms with E-state index < -0.39 is 32.6 Å². The summed E-state index contributed by atoms with van der Waals surface area (Å²) in [7, 11) is -3.01. The number of benzene rings is 1. The first-order chi connectivity index (χ1) is 13.7. The number of ether oxygens (including phenoxy) is 2. The summed E-state index contributed by atoms with van der Waals surface area (Å²) >= 11 is 6.48. The number of methoxy groups -OCH3 is 1. The molecule has 4 aliphatic carbocycles. The Kier molecular flexibility index (Phi) is 5.42. The van der Waals surface area contributed by atoms with Crippen molar-refractivity contribution in [2.45, 2.75) is 55.4 Å². The number of hydrogen-bond donors (Lipinski definition) is 1. The predicted octanol–water partition coefficient (Wildman–Crippen LogP) is 3.57. The van der Waals surface area contributed by atoms with Crippen molar-refractivity contribution in [1.29, 1.82) is 0 Å². The van der Waals surface area contributed by atoms with Crippen LogP contribution in [0.25, 0.3) is 0 Å². The van der Waals surface area contributed by atoms with Gasteiger partial charge in [-0.15, -0.1) is 0 Å². The van der Waals surface area contributed by atoms with E-state index in [0.29, 0.717) is 18.3 Å². The Morgan fingerprint density at radius 1 is 1.21 bits per heavy atom. The first-order valence-electron chi connectivity index (χ1n) is 9.77. The summed E-state index contributed by atoms with van der Waals surface area (Å²) < 4.78 is 51.9. The second-order valence-corrected chi connectivity index (χ2v) is 10.8. The molecule has 160 valence electrons. The van der Waals surface area contributed by atoms with Crippen LogP contribution in [-0.4, -0.2) is 38.3 Å². The molecule has 4 bridgehead atoms. The molecule has 4 aliphatic rings. The highest BCUT2D eigenvalue weighted by Gasteiger charge is 2.61. The molecule has 4 saturated carbocycles. The molecule has 0 radical (unpaired) electrons. The molecule has 1 amide bonds. The van der Waals surface area contributed by atoms with Crippen LogP contribution in [0.3, 0.4) is 0 Å². The van der Waals surface area contributed by atoms with Gasteiger partial charge in [-0.3, -0.25) is 4.79 Å². The zero-order valence-electron chi connectivity index (χ0n) is 16.1. The molecule has 0 aromatic heterocycles. The first-order valence-corrected chi connectivity index (χ1v) is 11.8. The van der Waals surface area contributed by atoms with Crippen molar-refractivity contribution in [1.82, 2.24) is 4.72 Å². The van der Waals surface area contributed by atoms with Gasteiger partial charge in [0.15, 0.2) is 0 Å². The Bertz CT molecular complexity index is 866. The summed E-state index contributed by atoms with van der Waals surface area (Å²) in [5.41, 5.74) is -4.57. The summed E-state index contributed by atoms with van der Waals surface area (Å²) in [6.45, 7) is 0. The highest BCUT2D eigenvalue weighted by atomic mass is 35.5. The third kappa shape index (κ3) is 3.92. The van der Waals surface area contributed by atoms with Crippen molar-refractivity contribution in [2.75, 3.05) is 7.11 Å². The van der Waals surface area contributed by atoms with Crippen LogP contribution in [0.1, 0.15) is 48.9 Å². The Morgan fingerprint density at radius 3 is 2.41 bits per heavy atom. The van der Waals surface area contributed by atoms with Crippen LogP contribution >= 0.6 is 11.6 Å². The fourth-order valence-electron chi connectivity index (χ4n) is 5.89. The van der Waals surface area contributed by atoms with Gasteiger partial charge in [0, 0.05) is 18.1 Å². The summed E-state index contributed by atoms with van der Waals surface area (Å²) in [5.74, 6) is -0.0712. The van der Waals surface area contributed by atoms with Crippen molar-refractivity contribution in [3.8, 4) is 0 Å². The maximum atomic E-state index is 14.6. The van der Waals surface area contributed by atoms with Crippen molar-refractivity contribution >= 4 is 27.5 Å². The van der Waals surface area contributed by atoms with Crippen LogP contribution in [0, 0.1) is 17.3 Å². The van der Waals surface area contributed by atoms with Crippen molar-refractivity contribution in [3.05, 3.63) is 35.9 Å². The van der Waals surface area contributed by atoms with Gasteiger partial charge in [0.2, 0.25) is 0 Å². The molecular formula is C20H25ClFNO5S. The van der Waals surface area contributed by atoms with Crippen molar-refractivity contribution < 1.29 is 27.1 Å². The van der Waals surface area contributed by atoms with E-state index in [1.807, 2.05) is 0 Å². The van der Waals surface area contributed by atoms with Crippen LogP contribution in [-0.2, 0) is 19.5 Å². The van der Waals surface area contributed by atoms with E-state index in [4.69, 9.17) is 21.1 Å². The highest BCUT2D eigenvalue weighted by Crippen LogP contribution is 2.64. The number of carbonyl (C=O) groups excluding carboxylic acids is 1. The van der Waals surface area contributed by atoms with Crippen molar-refractivity contribution in [2.24, 2.45) is 17.3 Å². The van der Waals surface area contributed by atoms with E-state index in [1.54, 1.807) is 30.0 Å². The molecule has 9 heteroatoms. The SMILES string of the molecule is COC12CC3CC(C1)CC(C(Cl)OC(F)S(=O)(=O)NC(=O)c1ccccc1)(C3)C2. The average Bonchev–Trinajstić information content (AvgIpc) is 2.67. The number of amides is 1. The lowest BCUT2D eigenvalue weighted by Gasteiger charge is -2.62. The van der Waals surface area contributed by atoms with Gasteiger partial charge in [-0.1, -0.05) is 29.8 Å². The molecule has 1 aromatic carbocycles. The number of rotatable bonds is 7. The minimum Gasteiger partial charge on any atom is -0.378 e. The lowest BCUT2D eigenvalue weighted by molar-refractivity contribution is -0.208. The maximum absolute atomic E-state index is 14.6. The number of alkyl halides is 2. The summed E-state index contributed by atoms with van der Waals surface area (Å²) in [4.78, 5) is 12.1. The van der Waals surface area contributed by atoms with E-state index in [0.717, 1.165) is 32.1 Å². The first kappa shape index (κ1) is 21.0. The van der Waals surface area contributed by atoms with Crippen LogP contribution in [0.4, 0.5) is 4.39 Å². The number of halogens is 2. The summed E-state index contributed by atoms with van der Waals surface area (Å²) in [6, 6.07) is 7.71. The highest BCUT2D eigenvalue weighted by molar-refractivity contribution is 7.90. The minimum absolute atomic E-state index is 0.105. The quantitative estimate of drug-likeness (QED) is 0.649. The zero-order chi connectivity index (χ0) is 20.9. The van der Waals surface area contributed by atoms with Crippen LogP contribution < -0.4 is 4.72 Å². The number of sulfonamides is 1. The largest absolute Gasteiger partial charge is 0.378 e. The van der Waals surface area contributed by atoms with Gasteiger partial charge in [-0.25, -0.2) is 13.1 Å². The van der Waals surface area contributed by atoms with Gasteiger partial charge in [0.05, 0.1) is 5.60 Å². The smallest absolute Gasteiger partial charge is 0.321 e. The molecule has 4 atom stereocenters. The lowest BCUT2D eigenvalue weighted by Crippen LogP contribution is -2.59. The zero-order valence-corrected chi connectivity index (χ0v) is 17.7. The van der Waals surface area contributed by atoms with Crippen LogP contribution in [0.2, 0.25) is 0 Å². The minimum atomic E-state index is -4.70. The lowest BCUT2D eigenvalue weighted by atomic mass is 9.48. The van der Waals surface area contributed by atoms with E-state index in [9.17, 15) is 17.6 Å². The normalized spacial score (nSPS) is 35.3. The van der Waals surface area contributed by atoms with Gasteiger partial charge in [0.25, 0.3) is 15.9 Å². The second-order valence-electron chi connectivity index (χ2n) is 8.78. The Hall–Kier alpha value is -1.22. The molecule has 4 unspecified atom stereocenters. The van der Waals surface area contributed by atoms with E-state index in [-0.39, 0.29) is 11.2 Å². The molecule has 0 spiro atoms. The molecule has 4 fully saturated rings. The van der Waals surface area contributed by atoms with Gasteiger partial charge in [0.1, 0.15) is 5.56 Å². The van der Waals surface area contributed by atoms with Gasteiger partial charge >= 0.3 is 5.69 Å². The van der Waals surface area contributed by atoms with Gasteiger partial charge in [-0.05, 0) is 62.5 Å². The number of nitrogens with one attached hydrogen (secondary N) is 1. The fraction of sp³-hybridized carbons (Fsp3) is 0.650. The molecule has 1 aromatic rings. The second kappa shape index (κ2) is 7.48.